The number of hydrogen-bond donors (Lipinski definition) is 1. The lowest BCUT2D eigenvalue weighted by atomic mass is 10.0. The molecule has 1 aliphatic heterocycles. The lowest BCUT2D eigenvalue weighted by Crippen LogP contribution is -2.31. The van der Waals surface area contributed by atoms with Crippen molar-refractivity contribution in [3.63, 3.8) is 0 Å². The van der Waals surface area contributed by atoms with Gasteiger partial charge in [0, 0.05) is 12.1 Å². The molecule has 0 aromatic heterocycles. The minimum absolute atomic E-state index is 0.145. The summed E-state index contributed by atoms with van der Waals surface area (Å²) in [5.41, 5.74) is 0.868. The summed E-state index contributed by atoms with van der Waals surface area (Å²) in [5, 5.41) is 3.52. The van der Waals surface area contributed by atoms with Crippen LogP contribution in [0.3, 0.4) is 0 Å². The van der Waals surface area contributed by atoms with Crippen LogP contribution in [0.25, 0.3) is 0 Å². The summed E-state index contributed by atoms with van der Waals surface area (Å²) < 4.78 is 29.6. The van der Waals surface area contributed by atoms with Gasteiger partial charge in [-0.1, -0.05) is 12.1 Å². The molecule has 0 amide bonds. The van der Waals surface area contributed by atoms with Gasteiger partial charge in [-0.05, 0) is 30.9 Å². The van der Waals surface area contributed by atoms with E-state index in [1.165, 1.54) is 20.0 Å². The predicted octanol–water partition coefficient (Wildman–Crippen LogP) is 1.67. The predicted molar refractivity (Wildman–Crippen MR) is 68.6 cm³/mol. The van der Waals surface area contributed by atoms with Crippen molar-refractivity contribution in [3.05, 3.63) is 23.8 Å². The average Bonchev–Trinajstić information content (AvgIpc) is 3.16. The van der Waals surface area contributed by atoms with Gasteiger partial charge in [-0.25, -0.2) is 8.42 Å². The molecule has 1 aromatic rings. The highest BCUT2D eigenvalue weighted by atomic mass is 32.2. The van der Waals surface area contributed by atoms with Gasteiger partial charge in [-0.15, -0.1) is 0 Å². The number of benzene rings is 1. The van der Waals surface area contributed by atoms with Gasteiger partial charge in [0.15, 0.2) is 9.84 Å². The van der Waals surface area contributed by atoms with Crippen LogP contribution in [-0.2, 0) is 9.84 Å². The third-order valence-electron chi connectivity index (χ3n) is 3.61. The van der Waals surface area contributed by atoms with E-state index < -0.39 is 9.84 Å². The summed E-state index contributed by atoms with van der Waals surface area (Å²) >= 11 is 0. The zero-order valence-corrected chi connectivity index (χ0v) is 11.2. The van der Waals surface area contributed by atoms with Crippen LogP contribution in [0.4, 0.5) is 0 Å². The quantitative estimate of drug-likeness (QED) is 0.905. The van der Waals surface area contributed by atoms with Crippen molar-refractivity contribution in [3.8, 4) is 5.75 Å². The van der Waals surface area contributed by atoms with E-state index in [1.807, 2.05) is 12.1 Å². The number of rotatable bonds is 3. The summed E-state index contributed by atoms with van der Waals surface area (Å²) in [7, 11) is -1.68. The van der Waals surface area contributed by atoms with Crippen molar-refractivity contribution in [2.45, 2.75) is 36.2 Å². The van der Waals surface area contributed by atoms with E-state index in [0.717, 1.165) is 5.56 Å². The highest BCUT2D eigenvalue weighted by molar-refractivity contribution is 7.91. The fraction of sp³-hybridized carbons (Fsp3) is 0.538. The van der Waals surface area contributed by atoms with E-state index >= 15 is 0 Å². The Hall–Kier alpha value is -1.07. The Morgan fingerprint density at radius 1 is 1.28 bits per heavy atom. The molecule has 0 saturated heterocycles. The van der Waals surface area contributed by atoms with E-state index in [2.05, 4.69) is 5.32 Å². The maximum atomic E-state index is 12.2. The number of fused-ring (bicyclic) bond motifs is 1. The van der Waals surface area contributed by atoms with Crippen LogP contribution in [0.5, 0.6) is 5.75 Å². The van der Waals surface area contributed by atoms with Crippen LogP contribution in [0.1, 0.15) is 30.9 Å². The van der Waals surface area contributed by atoms with Gasteiger partial charge in [0.05, 0.1) is 12.9 Å². The first-order chi connectivity index (χ1) is 8.62. The first-order valence-electron chi connectivity index (χ1n) is 6.27. The molecular weight excluding hydrogens is 250 g/mol. The molecule has 0 spiro atoms. The first kappa shape index (κ1) is 12.0. The summed E-state index contributed by atoms with van der Waals surface area (Å²) in [6.07, 6.45) is 3.05. The Bertz CT molecular complexity index is 564. The molecule has 3 rings (SSSR count). The van der Waals surface area contributed by atoms with E-state index in [-0.39, 0.29) is 11.8 Å². The molecule has 1 N–H and O–H groups in total. The SMILES string of the molecule is COc1cccc2c1S(=O)(=O)CCC2NC1CC1. The number of methoxy groups -OCH3 is 1. The molecule has 1 saturated carbocycles. The van der Waals surface area contributed by atoms with Crippen LogP contribution >= 0.6 is 0 Å². The van der Waals surface area contributed by atoms with Crippen molar-refractivity contribution in [1.29, 1.82) is 0 Å². The molecule has 1 atom stereocenters. The maximum Gasteiger partial charge on any atom is 0.182 e. The fourth-order valence-corrected chi connectivity index (χ4v) is 4.32. The van der Waals surface area contributed by atoms with E-state index in [9.17, 15) is 8.42 Å². The molecule has 18 heavy (non-hydrogen) atoms. The van der Waals surface area contributed by atoms with Crippen LogP contribution < -0.4 is 10.1 Å². The molecule has 1 heterocycles. The highest BCUT2D eigenvalue weighted by Crippen LogP contribution is 2.39. The smallest absolute Gasteiger partial charge is 0.182 e. The number of sulfone groups is 1. The van der Waals surface area contributed by atoms with E-state index in [4.69, 9.17) is 4.74 Å². The van der Waals surface area contributed by atoms with Crippen molar-refractivity contribution >= 4 is 9.84 Å². The largest absolute Gasteiger partial charge is 0.495 e. The summed E-state index contributed by atoms with van der Waals surface area (Å²) in [5.74, 6) is 0.667. The molecule has 1 unspecified atom stereocenters. The summed E-state index contributed by atoms with van der Waals surface area (Å²) in [4.78, 5) is 0.386. The molecule has 0 bridgehead atoms. The third kappa shape index (κ3) is 2.01. The second kappa shape index (κ2) is 4.24. The van der Waals surface area contributed by atoms with Crippen molar-refractivity contribution < 1.29 is 13.2 Å². The lowest BCUT2D eigenvalue weighted by molar-refractivity contribution is 0.395. The van der Waals surface area contributed by atoms with Gasteiger partial charge in [-0.2, -0.15) is 0 Å². The monoisotopic (exact) mass is 267 g/mol. The first-order valence-corrected chi connectivity index (χ1v) is 7.93. The Kier molecular flexibility index (Phi) is 2.83. The van der Waals surface area contributed by atoms with Crippen molar-refractivity contribution in [2.75, 3.05) is 12.9 Å². The van der Waals surface area contributed by atoms with E-state index in [1.54, 1.807) is 6.07 Å². The van der Waals surface area contributed by atoms with Gasteiger partial charge < -0.3 is 10.1 Å². The van der Waals surface area contributed by atoms with Gasteiger partial charge >= 0.3 is 0 Å². The summed E-state index contributed by atoms with van der Waals surface area (Å²) in [6, 6.07) is 6.19. The molecule has 5 heteroatoms. The standard InChI is InChI=1S/C13H17NO3S/c1-17-12-4-2-3-10-11(14-9-5-6-9)7-8-18(15,16)13(10)12/h2-4,9,11,14H,5-8H2,1H3. The van der Waals surface area contributed by atoms with Crippen molar-refractivity contribution in [1.82, 2.24) is 5.32 Å². The molecule has 1 aromatic carbocycles. The minimum atomic E-state index is -3.20. The number of nitrogens with one attached hydrogen (secondary N) is 1. The van der Waals surface area contributed by atoms with Gasteiger partial charge in [0.2, 0.25) is 0 Å². The van der Waals surface area contributed by atoms with Crippen molar-refractivity contribution in [2.24, 2.45) is 0 Å². The number of ether oxygens (including phenoxy) is 1. The maximum absolute atomic E-state index is 12.2. The second-order valence-electron chi connectivity index (χ2n) is 4.98. The van der Waals surface area contributed by atoms with Crippen LogP contribution in [0.2, 0.25) is 0 Å². The molecule has 98 valence electrons. The van der Waals surface area contributed by atoms with Gasteiger partial charge in [0.1, 0.15) is 10.6 Å². The summed E-state index contributed by atoms with van der Waals surface area (Å²) in [6.45, 7) is 0. The zero-order valence-electron chi connectivity index (χ0n) is 10.3. The average molecular weight is 267 g/mol. The lowest BCUT2D eigenvalue weighted by Gasteiger charge is -2.27. The molecule has 1 fully saturated rings. The molecule has 4 nitrogen and oxygen atoms in total. The fourth-order valence-electron chi connectivity index (χ4n) is 2.54. The van der Waals surface area contributed by atoms with Crippen LogP contribution in [-0.4, -0.2) is 27.3 Å². The molecule has 1 aliphatic carbocycles. The molecule has 0 radical (unpaired) electrons. The topological polar surface area (TPSA) is 55.4 Å². The van der Waals surface area contributed by atoms with E-state index in [0.29, 0.717) is 23.1 Å². The Labute approximate surface area is 107 Å². The normalized spacial score (nSPS) is 25.5. The second-order valence-corrected chi connectivity index (χ2v) is 7.03. The minimum Gasteiger partial charge on any atom is -0.495 e. The van der Waals surface area contributed by atoms with Gasteiger partial charge in [0.25, 0.3) is 0 Å². The Balaban J connectivity index is 2.07. The Morgan fingerprint density at radius 3 is 2.72 bits per heavy atom. The highest BCUT2D eigenvalue weighted by Gasteiger charge is 2.35. The van der Waals surface area contributed by atoms with Crippen LogP contribution in [0, 0.1) is 0 Å². The zero-order chi connectivity index (χ0) is 12.8. The van der Waals surface area contributed by atoms with Crippen LogP contribution in [0.15, 0.2) is 23.1 Å². The molecule has 2 aliphatic rings. The third-order valence-corrected chi connectivity index (χ3v) is 5.44. The van der Waals surface area contributed by atoms with Gasteiger partial charge in [-0.3, -0.25) is 0 Å². The molecular formula is C13H17NO3S. The number of hydrogen-bond acceptors (Lipinski definition) is 4. The Morgan fingerprint density at radius 2 is 2.06 bits per heavy atom.